The summed E-state index contributed by atoms with van der Waals surface area (Å²) in [7, 11) is 0. The molecular weight excluding hydrogens is 805 g/mol. The van der Waals surface area contributed by atoms with Gasteiger partial charge in [0.15, 0.2) is 0 Å². The van der Waals surface area contributed by atoms with Gasteiger partial charge in [0.2, 0.25) is 0 Å². The van der Waals surface area contributed by atoms with Gasteiger partial charge in [-0.05, 0) is 28.7 Å². The van der Waals surface area contributed by atoms with Gasteiger partial charge in [0.05, 0.1) is 5.41 Å². The smallest absolute Gasteiger partial charge is 0.0519 e. The summed E-state index contributed by atoms with van der Waals surface area (Å²) in [5.41, 5.74) is 5.32. The van der Waals surface area contributed by atoms with Crippen molar-refractivity contribution in [3.05, 3.63) is 144 Å². The van der Waals surface area contributed by atoms with Crippen molar-refractivity contribution in [2.75, 3.05) is 0 Å². The van der Waals surface area contributed by atoms with Gasteiger partial charge in [-0.15, -0.1) is 0 Å². The van der Waals surface area contributed by atoms with Crippen molar-refractivity contribution in [3.63, 3.8) is 0 Å². The molecular formula is C67H104. The molecule has 0 aromatic heterocycles. The lowest BCUT2D eigenvalue weighted by Gasteiger charge is -2.43. The zero-order valence-corrected chi connectivity index (χ0v) is 43.9. The van der Waals surface area contributed by atoms with E-state index in [9.17, 15) is 0 Å². The van der Waals surface area contributed by atoms with E-state index in [-0.39, 0.29) is 5.41 Å². The molecule has 1 atom stereocenters. The fourth-order valence-electron chi connectivity index (χ4n) is 11.5. The highest BCUT2D eigenvalue weighted by molar-refractivity contribution is 5.54. The molecule has 4 aromatic rings. The van der Waals surface area contributed by atoms with Crippen molar-refractivity contribution in [1.29, 1.82) is 0 Å². The van der Waals surface area contributed by atoms with E-state index in [1.807, 2.05) is 0 Å². The topological polar surface area (TPSA) is 0 Å². The predicted molar refractivity (Wildman–Crippen MR) is 299 cm³/mol. The van der Waals surface area contributed by atoms with Crippen LogP contribution >= 0.6 is 0 Å². The Morgan fingerprint density at radius 2 is 0.433 bits per heavy atom. The van der Waals surface area contributed by atoms with E-state index >= 15 is 0 Å². The second-order valence-corrected chi connectivity index (χ2v) is 21.1. The average Bonchev–Trinajstić information content (AvgIpc) is 3.38. The van der Waals surface area contributed by atoms with Crippen LogP contribution in [0.3, 0.4) is 0 Å². The van der Waals surface area contributed by atoms with Gasteiger partial charge in [-0.2, -0.15) is 0 Å². The van der Waals surface area contributed by atoms with Gasteiger partial charge < -0.3 is 0 Å². The molecule has 0 heteroatoms. The van der Waals surface area contributed by atoms with Crippen LogP contribution in [0, 0.1) is 0 Å². The van der Waals surface area contributed by atoms with Gasteiger partial charge in [0.1, 0.15) is 0 Å². The lowest BCUT2D eigenvalue weighted by Crippen LogP contribution is -2.36. The standard InChI is InChI=1S/C67H104/c1-2-3-4-5-6-7-8-9-10-11-12-13-14-15-16-17-18-19-20-21-22-23-24-25-26-27-28-29-30-31-32-33-34-35-36-37-38-39-52-61-66(62-53-44-40-45-54-62)67(63-55-46-41-47-56-63,64-57-48-42-49-58-64)65-59-50-43-51-60-65/h40-51,53-60,66H,2-39,52,61H2,1H3. The van der Waals surface area contributed by atoms with E-state index in [1.54, 1.807) is 0 Å². The quantitative estimate of drug-likeness (QED) is 0.0306. The number of hydrogen-bond acceptors (Lipinski definition) is 0. The van der Waals surface area contributed by atoms with Crippen molar-refractivity contribution >= 4 is 0 Å². The Balaban J connectivity index is 0.916. The monoisotopic (exact) mass is 909 g/mol. The summed E-state index contributed by atoms with van der Waals surface area (Å²) < 4.78 is 0. The summed E-state index contributed by atoms with van der Waals surface area (Å²) >= 11 is 0. The number of benzene rings is 4. The van der Waals surface area contributed by atoms with Gasteiger partial charge in [-0.25, -0.2) is 0 Å². The normalized spacial score (nSPS) is 12.2. The third-order valence-electron chi connectivity index (χ3n) is 15.5. The van der Waals surface area contributed by atoms with Gasteiger partial charge in [-0.1, -0.05) is 379 Å². The highest BCUT2D eigenvalue weighted by Gasteiger charge is 2.44. The summed E-state index contributed by atoms with van der Waals surface area (Å²) in [6.45, 7) is 2.31. The number of hydrogen-bond donors (Lipinski definition) is 0. The van der Waals surface area contributed by atoms with Crippen LogP contribution in [-0.4, -0.2) is 0 Å². The zero-order valence-electron chi connectivity index (χ0n) is 43.9. The zero-order chi connectivity index (χ0) is 46.8. The maximum Gasteiger partial charge on any atom is 0.0519 e. The van der Waals surface area contributed by atoms with Crippen LogP contribution in [0.1, 0.15) is 292 Å². The van der Waals surface area contributed by atoms with Gasteiger partial charge in [0, 0.05) is 5.92 Å². The molecule has 0 fully saturated rings. The first-order valence-electron chi connectivity index (χ1n) is 29.6. The summed E-state index contributed by atoms with van der Waals surface area (Å²) in [4.78, 5) is 0. The molecule has 0 aliphatic carbocycles. The lowest BCUT2D eigenvalue weighted by atomic mass is 9.59. The third-order valence-corrected chi connectivity index (χ3v) is 15.5. The molecule has 67 heavy (non-hydrogen) atoms. The first kappa shape index (κ1) is 56.5. The molecule has 0 bridgehead atoms. The molecule has 1 unspecified atom stereocenters. The van der Waals surface area contributed by atoms with Crippen LogP contribution in [0.25, 0.3) is 0 Å². The maximum atomic E-state index is 2.37. The van der Waals surface area contributed by atoms with Crippen molar-refractivity contribution in [3.8, 4) is 0 Å². The lowest BCUT2D eigenvalue weighted by molar-refractivity contribution is 0.427. The Bertz CT molecular complexity index is 1510. The van der Waals surface area contributed by atoms with Crippen molar-refractivity contribution in [2.24, 2.45) is 0 Å². The molecule has 4 rings (SSSR count). The van der Waals surface area contributed by atoms with Crippen LogP contribution in [-0.2, 0) is 5.41 Å². The molecule has 0 amide bonds. The number of rotatable bonds is 45. The second-order valence-electron chi connectivity index (χ2n) is 21.1. The summed E-state index contributed by atoms with van der Waals surface area (Å²) in [6.07, 6.45) is 57.9. The molecule has 0 spiro atoms. The van der Waals surface area contributed by atoms with Crippen LogP contribution in [0.15, 0.2) is 121 Å². The number of unbranched alkanes of at least 4 members (excludes halogenated alkanes) is 38. The minimum atomic E-state index is -0.269. The largest absolute Gasteiger partial charge is 0.0654 e. The van der Waals surface area contributed by atoms with Crippen LogP contribution in [0.2, 0.25) is 0 Å². The van der Waals surface area contributed by atoms with Crippen LogP contribution in [0.4, 0.5) is 0 Å². The van der Waals surface area contributed by atoms with Crippen molar-refractivity contribution < 1.29 is 0 Å². The SMILES string of the molecule is CCCCCCCCCCCCCCCCCCCCCCCCCCCCCCCCCCCCCCCCCC(c1ccccc1)C(c1ccccc1)(c1ccccc1)c1ccccc1. The highest BCUT2D eigenvalue weighted by atomic mass is 14.5. The third kappa shape index (κ3) is 24.3. The van der Waals surface area contributed by atoms with Crippen LogP contribution < -0.4 is 0 Å². The van der Waals surface area contributed by atoms with Gasteiger partial charge in [-0.3, -0.25) is 0 Å². The van der Waals surface area contributed by atoms with E-state index in [4.69, 9.17) is 0 Å². The molecule has 0 aliphatic heterocycles. The fourth-order valence-corrected chi connectivity index (χ4v) is 11.5. The molecule has 0 aliphatic rings. The first-order chi connectivity index (χ1) is 33.4. The summed E-state index contributed by atoms with van der Waals surface area (Å²) in [5, 5.41) is 0. The molecule has 0 radical (unpaired) electrons. The second kappa shape index (κ2) is 39.7. The molecule has 4 aromatic carbocycles. The van der Waals surface area contributed by atoms with Crippen LogP contribution in [0.5, 0.6) is 0 Å². The van der Waals surface area contributed by atoms with E-state index in [1.165, 1.54) is 279 Å². The van der Waals surface area contributed by atoms with Crippen molar-refractivity contribution in [2.45, 2.75) is 275 Å². The predicted octanol–water partition coefficient (Wildman–Crippen LogP) is 22.4. The average molecular weight is 910 g/mol. The van der Waals surface area contributed by atoms with E-state index in [0.717, 1.165) is 0 Å². The maximum absolute atomic E-state index is 2.37. The molecule has 0 nitrogen and oxygen atoms in total. The fraction of sp³-hybridized carbons (Fsp3) is 0.642. The Labute approximate surface area is 416 Å². The van der Waals surface area contributed by atoms with E-state index in [0.29, 0.717) is 5.92 Å². The Morgan fingerprint density at radius 1 is 0.239 bits per heavy atom. The van der Waals surface area contributed by atoms with Crippen molar-refractivity contribution in [1.82, 2.24) is 0 Å². The summed E-state index contributed by atoms with van der Waals surface area (Å²) in [6, 6.07) is 45.4. The summed E-state index contributed by atoms with van der Waals surface area (Å²) in [5.74, 6) is 0.332. The molecule has 372 valence electrons. The van der Waals surface area contributed by atoms with Gasteiger partial charge >= 0.3 is 0 Å². The Hall–Kier alpha value is -3.12. The minimum Gasteiger partial charge on any atom is -0.0654 e. The Morgan fingerprint density at radius 3 is 0.657 bits per heavy atom. The molecule has 0 heterocycles. The first-order valence-corrected chi connectivity index (χ1v) is 29.6. The highest BCUT2D eigenvalue weighted by Crippen LogP contribution is 2.51. The van der Waals surface area contributed by atoms with Gasteiger partial charge in [0.25, 0.3) is 0 Å². The van der Waals surface area contributed by atoms with E-state index in [2.05, 4.69) is 128 Å². The van der Waals surface area contributed by atoms with E-state index < -0.39 is 0 Å². The Kier molecular flexibility index (Phi) is 33.5. The molecule has 0 saturated carbocycles. The minimum absolute atomic E-state index is 0.269. The molecule has 0 saturated heterocycles. The molecule has 0 N–H and O–H groups in total.